The second-order valence-corrected chi connectivity index (χ2v) is 6.36. The fourth-order valence-electron chi connectivity index (χ4n) is 3.24. The minimum Gasteiger partial charge on any atom is -0.385 e. The normalized spacial score (nSPS) is 21.0. The lowest BCUT2D eigenvalue weighted by atomic mass is 9.74. The van der Waals surface area contributed by atoms with Gasteiger partial charge in [0.2, 0.25) is 0 Å². The monoisotopic (exact) mass is 347 g/mol. The van der Waals surface area contributed by atoms with Crippen LogP contribution in [0.4, 0.5) is 0 Å². The van der Waals surface area contributed by atoms with Crippen molar-refractivity contribution in [2.45, 2.75) is 37.7 Å². The van der Waals surface area contributed by atoms with Crippen LogP contribution in [0.5, 0.6) is 0 Å². The Kier molecular flexibility index (Phi) is 8.73. The first-order valence-electron chi connectivity index (χ1n) is 7.85. The number of halogens is 2. The number of hydrogen-bond acceptors (Lipinski definition) is 3. The van der Waals surface area contributed by atoms with Crippen LogP contribution in [0.15, 0.2) is 24.3 Å². The van der Waals surface area contributed by atoms with Crippen molar-refractivity contribution in [1.82, 2.24) is 5.32 Å². The molecular formula is C17H27Cl2NO2. The van der Waals surface area contributed by atoms with Crippen molar-refractivity contribution in [3.63, 3.8) is 0 Å². The van der Waals surface area contributed by atoms with E-state index in [2.05, 4.69) is 5.32 Å². The summed E-state index contributed by atoms with van der Waals surface area (Å²) in [5, 5.41) is 15.5. The molecule has 126 valence electrons. The molecule has 0 amide bonds. The minimum atomic E-state index is -0.800. The number of piperidine rings is 1. The second kappa shape index (κ2) is 9.74. The highest BCUT2D eigenvalue weighted by molar-refractivity contribution is 6.30. The van der Waals surface area contributed by atoms with Gasteiger partial charge in [-0.1, -0.05) is 23.7 Å². The highest BCUT2D eigenvalue weighted by Gasteiger charge is 2.38. The first-order valence-corrected chi connectivity index (χ1v) is 8.22. The number of unbranched alkanes of at least 4 members (excludes halogenated alkanes) is 1. The number of hydrogen-bond donors (Lipinski definition) is 2. The number of aliphatic hydroxyl groups is 1. The maximum absolute atomic E-state index is 11.4. The predicted molar refractivity (Wildman–Crippen MR) is 93.9 cm³/mol. The van der Waals surface area contributed by atoms with Gasteiger partial charge in [-0.15, -0.1) is 12.4 Å². The average molecular weight is 348 g/mol. The summed E-state index contributed by atoms with van der Waals surface area (Å²) < 4.78 is 5.11. The van der Waals surface area contributed by atoms with Crippen LogP contribution < -0.4 is 5.32 Å². The van der Waals surface area contributed by atoms with Gasteiger partial charge in [0.15, 0.2) is 0 Å². The van der Waals surface area contributed by atoms with Gasteiger partial charge in [-0.05, 0) is 56.3 Å². The fraction of sp³-hybridized carbons (Fsp3) is 0.647. The molecule has 3 nitrogen and oxygen atoms in total. The molecule has 0 saturated carbocycles. The van der Waals surface area contributed by atoms with E-state index in [1.807, 2.05) is 24.3 Å². The summed E-state index contributed by atoms with van der Waals surface area (Å²) in [7, 11) is 1.72. The van der Waals surface area contributed by atoms with E-state index >= 15 is 0 Å². The van der Waals surface area contributed by atoms with Crippen LogP contribution in [-0.4, -0.2) is 31.9 Å². The van der Waals surface area contributed by atoms with Crippen LogP contribution in [-0.2, 0) is 10.3 Å². The maximum Gasteiger partial charge on any atom is 0.0937 e. The third-order valence-corrected chi connectivity index (χ3v) is 4.69. The lowest BCUT2D eigenvalue weighted by Gasteiger charge is -2.39. The minimum absolute atomic E-state index is 0. The highest BCUT2D eigenvalue weighted by Crippen LogP contribution is 2.39. The first kappa shape index (κ1) is 19.7. The van der Waals surface area contributed by atoms with Crippen molar-refractivity contribution in [3.05, 3.63) is 34.9 Å². The van der Waals surface area contributed by atoms with E-state index in [9.17, 15) is 5.11 Å². The van der Waals surface area contributed by atoms with Gasteiger partial charge in [-0.25, -0.2) is 0 Å². The Labute approximate surface area is 144 Å². The largest absolute Gasteiger partial charge is 0.385 e. The van der Waals surface area contributed by atoms with Gasteiger partial charge in [0, 0.05) is 31.2 Å². The van der Waals surface area contributed by atoms with E-state index in [1.54, 1.807) is 7.11 Å². The molecule has 1 unspecified atom stereocenters. The molecule has 5 heteroatoms. The Morgan fingerprint density at radius 3 is 2.86 bits per heavy atom. The van der Waals surface area contributed by atoms with Crippen molar-refractivity contribution < 1.29 is 9.84 Å². The van der Waals surface area contributed by atoms with Crippen molar-refractivity contribution in [2.24, 2.45) is 5.92 Å². The lowest BCUT2D eigenvalue weighted by Crippen LogP contribution is -2.44. The Bertz CT molecular complexity index is 438. The van der Waals surface area contributed by atoms with E-state index in [-0.39, 0.29) is 18.3 Å². The van der Waals surface area contributed by atoms with Crippen molar-refractivity contribution in [3.8, 4) is 0 Å². The average Bonchev–Trinajstić information content (AvgIpc) is 2.52. The number of nitrogens with one attached hydrogen (secondary N) is 1. The molecule has 1 aromatic rings. The second-order valence-electron chi connectivity index (χ2n) is 5.93. The molecule has 0 aliphatic carbocycles. The van der Waals surface area contributed by atoms with E-state index in [0.29, 0.717) is 5.02 Å². The van der Waals surface area contributed by atoms with Crippen LogP contribution in [0.25, 0.3) is 0 Å². The summed E-state index contributed by atoms with van der Waals surface area (Å²) in [6.07, 6.45) is 4.85. The number of methoxy groups -OCH3 is 1. The molecule has 0 bridgehead atoms. The molecule has 0 radical (unpaired) electrons. The summed E-state index contributed by atoms with van der Waals surface area (Å²) in [5.74, 6) is 0.243. The SMILES string of the molecule is COCCCC[C@@](O)(c1cccc(Cl)c1)C1CCCNC1.Cl. The van der Waals surface area contributed by atoms with Crippen LogP contribution in [0, 0.1) is 5.92 Å². The molecule has 0 spiro atoms. The molecule has 2 rings (SSSR count). The van der Waals surface area contributed by atoms with Crippen molar-refractivity contribution >= 4 is 24.0 Å². The molecule has 1 saturated heterocycles. The molecule has 2 atom stereocenters. The molecular weight excluding hydrogens is 321 g/mol. The van der Waals surface area contributed by atoms with E-state index in [0.717, 1.165) is 57.4 Å². The molecule has 0 aromatic heterocycles. The highest BCUT2D eigenvalue weighted by atomic mass is 35.5. The van der Waals surface area contributed by atoms with Gasteiger partial charge in [0.1, 0.15) is 0 Å². The zero-order valence-corrected chi connectivity index (χ0v) is 14.8. The van der Waals surface area contributed by atoms with Crippen LogP contribution in [0.2, 0.25) is 5.02 Å². The van der Waals surface area contributed by atoms with Gasteiger partial charge in [-0.3, -0.25) is 0 Å². The zero-order chi connectivity index (χ0) is 15.1. The Morgan fingerprint density at radius 2 is 2.23 bits per heavy atom. The maximum atomic E-state index is 11.4. The van der Waals surface area contributed by atoms with Gasteiger partial charge in [0.05, 0.1) is 5.60 Å². The number of ether oxygens (including phenoxy) is 1. The Hall–Kier alpha value is -0.320. The molecule has 22 heavy (non-hydrogen) atoms. The van der Waals surface area contributed by atoms with Crippen molar-refractivity contribution in [1.29, 1.82) is 0 Å². The van der Waals surface area contributed by atoms with E-state index in [1.165, 1.54) is 0 Å². The quantitative estimate of drug-likeness (QED) is 0.737. The summed E-state index contributed by atoms with van der Waals surface area (Å²) in [6, 6.07) is 7.69. The topological polar surface area (TPSA) is 41.5 Å². The summed E-state index contributed by atoms with van der Waals surface area (Å²) >= 11 is 6.13. The van der Waals surface area contributed by atoms with Crippen LogP contribution in [0.1, 0.15) is 37.7 Å². The molecule has 1 aliphatic rings. The van der Waals surface area contributed by atoms with Crippen molar-refractivity contribution in [2.75, 3.05) is 26.8 Å². The van der Waals surface area contributed by atoms with Crippen LogP contribution in [0.3, 0.4) is 0 Å². The molecule has 1 heterocycles. The van der Waals surface area contributed by atoms with Gasteiger partial charge in [0.25, 0.3) is 0 Å². The molecule has 1 aliphatic heterocycles. The Morgan fingerprint density at radius 1 is 1.41 bits per heavy atom. The lowest BCUT2D eigenvalue weighted by molar-refractivity contribution is -0.0434. The summed E-state index contributed by atoms with van der Waals surface area (Å²) in [5.41, 5.74) is 0.146. The van der Waals surface area contributed by atoms with Crippen LogP contribution >= 0.6 is 24.0 Å². The number of benzene rings is 1. The Balaban J connectivity index is 0.00000242. The van der Waals surface area contributed by atoms with Gasteiger partial charge >= 0.3 is 0 Å². The smallest absolute Gasteiger partial charge is 0.0937 e. The third kappa shape index (κ3) is 5.10. The third-order valence-electron chi connectivity index (χ3n) is 4.45. The standard InChI is InChI=1S/C17H26ClNO2.ClH/c1-21-11-3-2-9-17(20,15-7-5-10-19-13-15)14-6-4-8-16(18)12-14;/h4,6,8,12,15,19-20H,2-3,5,7,9-11,13H2,1H3;1H/t15?,17-;/m1./s1. The fourth-order valence-corrected chi connectivity index (χ4v) is 3.43. The molecule has 2 N–H and O–H groups in total. The summed E-state index contributed by atoms with van der Waals surface area (Å²) in [4.78, 5) is 0. The van der Waals surface area contributed by atoms with Gasteiger partial charge in [-0.2, -0.15) is 0 Å². The predicted octanol–water partition coefficient (Wildman–Crippen LogP) is 3.77. The molecule has 1 aromatic carbocycles. The zero-order valence-electron chi connectivity index (χ0n) is 13.2. The summed E-state index contributed by atoms with van der Waals surface area (Å²) in [6.45, 7) is 2.66. The van der Waals surface area contributed by atoms with Gasteiger partial charge < -0.3 is 15.2 Å². The van der Waals surface area contributed by atoms with E-state index < -0.39 is 5.60 Å². The number of rotatable bonds is 7. The molecule has 1 fully saturated rings. The van der Waals surface area contributed by atoms with E-state index in [4.69, 9.17) is 16.3 Å². The first-order chi connectivity index (χ1) is 10.2.